The Morgan fingerprint density at radius 3 is 2.59 bits per heavy atom. The molecule has 39 heavy (non-hydrogen) atoms. The summed E-state index contributed by atoms with van der Waals surface area (Å²) >= 11 is 1.23. The number of rotatable bonds is 14. The Hall–Kier alpha value is -3.47. The summed E-state index contributed by atoms with van der Waals surface area (Å²) in [5, 5.41) is 11.4. The number of carbonyl (C=O) groups excluding carboxylic acids is 1. The number of methoxy groups -OCH3 is 2. The van der Waals surface area contributed by atoms with Gasteiger partial charge in [-0.25, -0.2) is 4.31 Å². The van der Waals surface area contributed by atoms with Crippen molar-refractivity contribution in [3.05, 3.63) is 76.0 Å². The fraction of sp³-hybridized carbons (Fsp3) is 0.379. The highest BCUT2D eigenvalue weighted by Crippen LogP contribution is 2.46. The number of para-hydroxylation sites is 1. The van der Waals surface area contributed by atoms with E-state index < -0.39 is 4.92 Å². The molecule has 0 radical (unpaired) electrons. The molecular weight excluding hydrogens is 516 g/mol. The predicted molar refractivity (Wildman–Crippen MR) is 152 cm³/mol. The lowest BCUT2D eigenvalue weighted by Crippen LogP contribution is -2.30. The molecule has 0 bridgehead atoms. The lowest BCUT2D eigenvalue weighted by atomic mass is 9.79. The highest BCUT2D eigenvalue weighted by Gasteiger charge is 2.26. The standard InChI is InChI=1S/C29H34N4O5S/c1-31(13-14-32(15-16-34)39-28-10-5-4-9-26(28)33(35)36)20-21-11-12-30-25(17-21)23-18-24(22-7-6-8-22)29(38-3)27(19-23)37-2/h4-5,9-12,16-19,22H,6-8,13-15,20H2,1-3H3. The van der Waals surface area contributed by atoms with Crippen LogP contribution in [0.2, 0.25) is 0 Å². The third-order valence-corrected chi connectivity index (χ3v) is 8.06. The van der Waals surface area contributed by atoms with Crippen LogP contribution in [0.15, 0.2) is 59.6 Å². The number of benzene rings is 2. The van der Waals surface area contributed by atoms with Gasteiger partial charge in [0.1, 0.15) is 11.2 Å². The molecule has 10 heteroatoms. The van der Waals surface area contributed by atoms with E-state index in [1.54, 1.807) is 32.4 Å². The molecule has 1 aliphatic carbocycles. The monoisotopic (exact) mass is 550 g/mol. The largest absolute Gasteiger partial charge is 0.493 e. The second kappa shape index (κ2) is 13.5. The zero-order valence-corrected chi connectivity index (χ0v) is 23.4. The SMILES string of the molecule is COc1cc(-c2cc(CN(C)CCN(CC=O)Sc3ccccc3[N+](=O)[O-])ccn2)cc(C2CCC2)c1OC. The predicted octanol–water partition coefficient (Wildman–Crippen LogP) is 5.58. The lowest BCUT2D eigenvalue weighted by molar-refractivity contribution is -0.387. The Morgan fingerprint density at radius 1 is 1.13 bits per heavy atom. The number of nitro groups is 1. The Morgan fingerprint density at radius 2 is 1.92 bits per heavy atom. The smallest absolute Gasteiger partial charge is 0.284 e. The molecule has 0 aliphatic heterocycles. The van der Waals surface area contributed by atoms with Gasteiger partial charge in [0, 0.05) is 43.0 Å². The van der Waals surface area contributed by atoms with E-state index in [1.165, 1.54) is 30.0 Å². The van der Waals surface area contributed by atoms with Crippen molar-refractivity contribution in [1.29, 1.82) is 0 Å². The maximum atomic E-state index is 11.4. The summed E-state index contributed by atoms with van der Waals surface area (Å²) in [5.41, 5.74) is 4.19. The Bertz CT molecular complexity index is 1300. The van der Waals surface area contributed by atoms with Crippen LogP contribution < -0.4 is 9.47 Å². The average Bonchev–Trinajstić information content (AvgIpc) is 2.90. The molecule has 2 aromatic carbocycles. The molecule has 0 saturated heterocycles. The quantitative estimate of drug-likeness (QED) is 0.110. The highest BCUT2D eigenvalue weighted by molar-refractivity contribution is 7.97. The molecule has 3 aromatic rings. The number of hydrogen-bond donors (Lipinski definition) is 0. The minimum Gasteiger partial charge on any atom is -0.493 e. The Kier molecular flexibility index (Phi) is 9.91. The van der Waals surface area contributed by atoms with E-state index in [1.807, 2.05) is 29.7 Å². The molecule has 0 N–H and O–H groups in total. The van der Waals surface area contributed by atoms with E-state index >= 15 is 0 Å². The fourth-order valence-corrected chi connectivity index (χ4v) is 5.61. The summed E-state index contributed by atoms with van der Waals surface area (Å²) in [7, 11) is 5.36. The van der Waals surface area contributed by atoms with Gasteiger partial charge in [-0.05, 0) is 73.7 Å². The summed E-state index contributed by atoms with van der Waals surface area (Å²) in [6, 6.07) is 14.8. The van der Waals surface area contributed by atoms with Crippen molar-refractivity contribution in [1.82, 2.24) is 14.2 Å². The Balaban J connectivity index is 1.44. The van der Waals surface area contributed by atoms with E-state index in [-0.39, 0.29) is 12.2 Å². The van der Waals surface area contributed by atoms with Crippen molar-refractivity contribution in [3.8, 4) is 22.8 Å². The van der Waals surface area contributed by atoms with Crippen molar-refractivity contribution >= 4 is 23.9 Å². The van der Waals surface area contributed by atoms with E-state index in [2.05, 4.69) is 22.0 Å². The number of pyridine rings is 1. The molecule has 206 valence electrons. The first-order valence-corrected chi connectivity index (χ1v) is 13.7. The zero-order chi connectivity index (χ0) is 27.8. The van der Waals surface area contributed by atoms with Crippen LogP contribution in [0.1, 0.15) is 36.3 Å². The summed E-state index contributed by atoms with van der Waals surface area (Å²) in [4.78, 5) is 29.6. The van der Waals surface area contributed by atoms with Crippen molar-refractivity contribution in [2.75, 3.05) is 40.9 Å². The summed E-state index contributed by atoms with van der Waals surface area (Å²) < 4.78 is 13.2. The molecular formula is C29H34N4O5S. The van der Waals surface area contributed by atoms with Crippen LogP contribution in [-0.2, 0) is 11.3 Å². The highest BCUT2D eigenvalue weighted by atomic mass is 32.2. The van der Waals surface area contributed by atoms with Crippen LogP contribution in [0.25, 0.3) is 11.3 Å². The molecule has 9 nitrogen and oxygen atoms in total. The van der Waals surface area contributed by atoms with Gasteiger partial charge < -0.3 is 19.2 Å². The van der Waals surface area contributed by atoms with Crippen LogP contribution in [0, 0.1) is 10.1 Å². The second-order valence-corrected chi connectivity index (χ2v) is 10.7. The van der Waals surface area contributed by atoms with Gasteiger partial charge in [0.25, 0.3) is 5.69 Å². The lowest BCUT2D eigenvalue weighted by Gasteiger charge is -2.28. The van der Waals surface area contributed by atoms with Gasteiger partial charge in [-0.3, -0.25) is 15.1 Å². The van der Waals surface area contributed by atoms with E-state index in [9.17, 15) is 14.9 Å². The minimum atomic E-state index is -0.401. The van der Waals surface area contributed by atoms with Gasteiger partial charge in [0.05, 0.1) is 31.4 Å². The van der Waals surface area contributed by atoms with Gasteiger partial charge in [-0.15, -0.1) is 0 Å². The maximum Gasteiger partial charge on any atom is 0.284 e. The number of aromatic nitrogens is 1. The average molecular weight is 551 g/mol. The Labute approximate surface area is 233 Å². The molecule has 0 spiro atoms. The van der Waals surface area contributed by atoms with E-state index in [0.717, 1.165) is 41.7 Å². The fourth-order valence-electron chi connectivity index (χ4n) is 4.65. The topological polar surface area (TPSA) is 98.0 Å². The third-order valence-electron chi connectivity index (χ3n) is 6.92. The molecule has 0 atom stereocenters. The van der Waals surface area contributed by atoms with Crippen LogP contribution in [0.3, 0.4) is 0 Å². The first-order chi connectivity index (χ1) is 18.9. The molecule has 4 rings (SSSR count). The minimum absolute atomic E-state index is 0.0340. The van der Waals surface area contributed by atoms with Gasteiger partial charge in [0.15, 0.2) is 11.5 Å². The molecule has 1 fully saturated rings. The van der Waals surface area contributed by atoms with E-state index in [4.69, 9.17) is 9.47 Å². The van der Waals surface area contributed by atoms with Gasteiger partial charge in [-0.2, -0.15) is 0 Å². The van der Waals surface area contributed by atoms with Crippen LogP contribution in [0.5, 0.6) is 11.5 Å². The first-order valence-electron chi connectivity index (χ1n) is 12.9. The first kappa shape index (κ1) is 28.5. The van der Waals surface area contributed by atoms with Crippen molar-refractivity contribution in [2.45, 2.75) is 36.6 Å². The number of ether oxygens (including phenoxy) is 2. The van der Waals surface area contributed by atoms with E-state index in [0.29, 0.717) is 36.2 Å². The number of aldehydes is 1. The number of carbonyl (C=O) groups is 1. The number of nitro benzene ring substituents is 1. The molecule has 1 aliphatic rings. The second-order valence-electron chi connectivity index (χ2n) is 9.59. The van der Waals surface area contributed by atoms with Gasteiger partial charge >= 0.3 is 0 Å². The van der Waals surface area contributed by atoms with Crippen molar-refractivity contribution < 1.29 is 19.2 Å². The molecule has 0 unspecified atom stereocenters. The molecule has 1 aromatic heterocycles. The van der Waals surface area contributed by atoms with Crippen LogP contribution in [-0.4, -0.2) is 66.3 Å². The third kappa shape index (κ3) is 7.14. The molecule has 0 amide bonds. The maximum absolute atomic E-state index is 11.4. The number of nitrogens with zero attached hydrogens (tertiary/aromatic N) is 4. The van der Waals surface area contributed by atoms with Crippen LogP contribution in [0.4, 0.5) is 5.69 Å². The van der Waals surface area contributed by atoms with Crippen LogP contribution >= 0.6 is 11.9 Å². The summed E-state index contributed by atoms with van der Waals surface area (Å²) in [6.07, 6.45) is 6.17. The number of likely N-dealkylation sites (N-methyl/N-ethyl adjacent to an activating group) is 1. The normalized spacial score (nSPS) is 13.4. The molecule has 1 heterocycles. The van der Waals surface area contributed by atoms with Crippen molar-refractivity contribution in [2.24, 2.45) is 0 Å². The van der Waals surface area contributed by atoms with Gasteiger partial charge in [-0.1, -0.05) is 18.6 Å². The van der Waals surface area contributed by atoms with Crippen molar-refractivity contribution in [3.63, 3.8) is 0 Å². The summed E-state index contributed by atoms with van der Waals surface area (Å²) in [5.74, 6) is 2.00. The zero-order valence-electron chi connectivity index (χ0n) is 22.5. The summed E-state index contributed by atoms with van der Waals surface area (Å²) in [6.45, 7) is 2.08. The van der Waals surface area contributed by atoms with Gasteiger partial charge in [0.2, 0.25) is 0 Å². The number of hydrogen-bond acceptors (Lipinski definition) is 9. The molecule has 1 saturated carbocycles.